The van der Waals surface area contributed by atoms with E-state index in [1.165, 1.54) is 12.1 Å². The van der Waals surface area contributed by atoms with Crippen molar-refractivity contribution in [3.63, 3.8) is 0 Å². The van der Waals surface area contributed by atoms with E-state index in [4.69, 9.17) is 5.11 Å². The fourth-order valence-electron chi connectivity index (χ4n) is 1.98. The second kappa shape index (κ2) is 5.14. The third-order valence-corrected chi connectivity index (χ3v) is 4.96. The minimum atomic E-state index is -3.77. The van der Waals surface area contributed by atoms with Crippen molar-refractivity contribution in [3.05, 3.63) is 42.0 Å². The summed E-state index contributed by atoms with van der Waals surface area (Å²) < 4.78 is 25.9. The minimum Gasteiger partial charge on any atom is -0.480 e. The number of hydrogen-bond donors (Lipinski definition) is 1. The van der Waals surface area contributed by atoms with Gasteiger partial charge < -0.3 is 5.11 Å². The van der Waals surface area contributed by atoms with Gasteiger partial charge >= 0.3 is 5.97 Å². The van der Waals surface area contributed by atoms with E-state index >= 15 is 0 Å². The molecular weight excluding hydrogens is 266 g/mol. The number of sulfonamides is 1. The lowest BCUT2D eigenvalue weighted by molar-refractivity contribution is -0.141. The van der Waals surface area contributed by atoms with Gasteiger partial charge in [-0.2, -0.15) is 4.31 Å². The molecule has 0 saturated carbocycles. The number of carboxylic acids is 1. The maximum Gasteiger partial charge on any atom is 0.322 e. The van der Waals surface area contributed by atoms with Gasteiger partial charge in [-0.05, 0) is 25.5 Å². The predicted octanol–water partition coefficient (Wildman–Crippen LogP) is 1.40. The molecule has 6 heteroatoms. The van der Waals surface area contributed by atoms with Gasteiger partial charge in [0.1, 0.15) is 6.04 Å². The molecule has 0 radical (unpaired) electrons. The van der Waals surface area contributed by atoms with Crippen molar-refractivity contribution in [2.75, 3.05) is 6.54 Å². The smallest absolute Gasteiger partial charge is 0.322 e. The first kappa shape index (κ1) is 13.8. The van der Waals surface area contributed by atoms with Crippen LogP contribution in [0.1, 0.15) is 12.0 Å². The van der Waals surface area contributed by atoms with E-state index < -0.39 is 22.0 Å². The van der Waals surface area contributed by atoms with Crippen LogP contribution in [0.15, 0.2) is 41.3 Å². The summed E-state index contributed by atoms with van der Waals surface area (Å²) in [7, 11) is -3.77. The summed E-state index contributed by atoms with van der Waals surface area (Å²) in [4.78, 5) is 11.3. The van der Waals surface area contributed by atoms with Gasteiger partial charge in [0.05, 0.1) is 4.90 Å². The lowest BCUT2D eigenvalue weighted by Gasteiger charge is -2.29. The van der Waals surface area contributed by atoms with Crippen molar-refractivity contribution >= 4 is 16.0 Å². The predicted molar refractivity (Wildman–Crippen MR) is 70.3 cm³/mol. The van der Waals surface area contributed by atoms with Crippen molar-refractivity contribution in [2.24, 2.45) is 0 Å². The minimum absolute atomic E-state index is 0.0905. The molecule has 0 amide bonds. The molecule has 0 spiro atoms. The summed E-state index contributed by atoms with van der Waals surface area (Å²) in [6.07, 6.45) is 3.56. The van der Waals surface area contributed by atoms with E-state index in [-0.39, 0.29) is 17.9 Å². The molecule has 0 unspecified atom stereocenters. The topological polar surface area (TPSA) is 74.7 Å². The highest BCUT2D eigenvalue weighted by molar-refractivity contribution is 7.89. The second-order valence-electron chi connectivity index (χ2n) is 4.45. The van der Waals surface area contributed by atoms with Crippen LogP contribution < -0.4 is 0 Å². The summed E-state index contributed by atoms with van der Waals surface area (Å²) in [5.74, 6) is -1.12. The highest BCUT2D eigenvalue weighted by Gasteiger charge is 2.35. The van der Waals surface area contributed by atoms with Crippen LogP contribution in [0, 0.1) is 6.92 Å². The number of benzene rings is 1. The van der Waals surface area contributed by atoms with Crippen LogP contribution in [0.5, 0.6) is 0 Å². The molecule has 1 heterocycles. The first-order valence-corrected chi connectivity index (χ1v) is 7.33. The normalized spacial score (nSPS) is 20.4. The van der Waals surface area contributed by atoms with Gasteiger partial charge in [-0.1, -0.05) is 29.8 Å². The van der Waals surface area contributed by atoms with Crippen molar-refractivity contribution in [1.82, 2.24) is 4.31 Å². The van der Waals surface area contributed by atoms with Crippen LogP contribution in [-0.2, 0) is 14.8 Å². The molecule has 0 bridgehead atoms. The molecule has 0 fully saturated rings. The Hall–Kier alpha value is -1.66. The maximum absolute atomic E-state index is 12.4. The number of carboxylic acid groups (broad SMARTS) is 1. The number of aryl methyl sites for hydroxylation is 1. The first-order valence-electron chi connectivity index (χ1n) is 5.89. The zero-order valence-electron chi connectivity index (χ0n) is 10.5. The molecule has 1 aliphatic rings. The molecular formula is C13H15NO4S. The standard InChI is InChI=1S/C13H15NO4S/c1-10-5-7-11(8-6-10)19(17,18)14-9-3-2-4-12(14)13(15)16/h2-3,5-8,12H,4,9H2,1H3,(H,15,16)/t12-/m0/s1. The highest BCUT2D eigenvalue weighted by Crippen LogP contribution is 2.22. The molecule has 0 saturated heterocycles. The average molecular weight is 281 g/mol. The molecule has 0 aliphatic carbocycles. The Kier molecular flexibility index (Phi) is 3.73. The third kappa shape index (κ3) is 2.69. The van der Waals surface area contributed by atoms with Gasteiger partial charge in [-0.15, -0.1) is 0 Å². The number of hydrogen-bond acceptors (Lipinski definition) is 3. The van der Waals surface area contributed by atoms with E-state index in [0.717, 1.165) is 9.87 Å². The molecule has 1 aliphatic heterocycles. The molecule has 1 aromatic rings. The van der Waals surface area contributed by atoms with Gasteiger partial charge in [0, 0.05) is 6.54 Å². The van der Waals surface area contributed by atoms with Crippen molar-refractivity contribution < 1.29 is 18.3 Å². The molecule has 1 N–H and O–H groups in total. The van der Waals surface area contributed by atoms with Crippen LogP contribution in [0.4, 0.5) is 0 Å². The molecule has 1 aromatic carbocycles. The highest BCUT2D eigenvalue weighted by atomic mass is 32.2. The van der Waals surface area contributed by atoms with Crippen LogP contribution in [0.25, 0.3) is 0 Å². The van der Waals surface area contributed by atoms with Crippen molar-refractivity contribution in [1.29, 1.82) is 0 Å². The fourth-order valence-corrected chi connectivity index (χ4v) is 3.53. The lowest BCUT2D eigenvalue weighted by Crippen LogP contribution is -2.46. The van der Waals surface area contributed by atoms with Gasteiger partial charge in [0.2, 0.25) is 10.0 Å². The Morgan fingerprint density at radius 2 is 1.89 bits per heavy atom. The second-order valence-corrected chi connectivity index (χ2v) is 6.34. The maximum atomic E-state index is 12.4. The molecule has 0 aromatic heterocycles. The Morgan fingerprint density at radius 3 is 2.47 bits per heavy atom. The Morgan fingerprint density at radius 1 is 1.26 bits per heavy atom. The molecule has 19 heavy (non-hydrogen) atoms. The lowest BCUT2D eigenvalue weighted by atomic mass is 10.1. The Bertz CT molecular complexity index is 604. The molecule has 102 valence electrons. The summed E-state index contributed by atoms with van der Waals surface area (Å²) in [6, 6.07) is 5.37. The number of carbonyl (C=O) groups is 1. The summed E-state index contributed by atoms with van der Waals surface area (Å²) in [5.41, 5.74) is 0.951. The largest absolute Gasteiger partial charge is 0.480 e. The van der Waals surface area contributed by atoms with E-state index in [1.54, 1.807) is 24.3 Å². The fraction of sp³-hybridized carbons (Fsp3) is 0.308. The summed E-state index contributed by atoms with van der Waals surface area (Å²) >= 11 is 0. The van der Waals surface area contributed by atoms with Crippen LogP contribution in [0.2, 0.25) is 0 Å². The van der Waals surface area contributed by atoms with Crippen LogP contribution in [-0.4, -0.2) is 36.4 Å². The number of rotatable bonds is 3. The van der Waals surface area contributed by atoms with Crippen LogP contribution in [0.3, 0.4) is 0 Å². The first-order chi connectivity index (χ1) is 8.93. The van der Waals surface area contributed by atoms with Crippen molar-refractivity contribution in [2.45, 2.75) is 24.3 Å². The van der Waals surface area contributed by atoms with Crippen LogP contribution >= 0.6 is 0 Å². The third-order valence-electron chi connectivity index (χ3n) is 3.07. The van der Waals surface area contributed by atoms with Gasteiger partial charge in [0.25, 0.3) is 0 Å². The van der Waals surface area contributed by atoms with E-state index in [0.29, 0.717) is 0 Å². The number of aliphatic carboxylic acids is 1. The number of nitrogens with zero attached hydrogens (tertiary/aromatic N) is 1. The summed E-state index contributed by atoms with van der Waals surface area (Å²) in [5, 5.41) is 9.12. The Labute approximate surface area is 112 Å². The van der Waals surface area contributed by atoms with E-state index in [9.17, 15) is 13.2 Å². The van der Waals surface area contributed by atoms with E-state index in [1.807, 2.05) is 6.92 Å². The monoisotopic (exact) mass is 281 g/mol. The average Bonchev–Trinajstić information content (AvgIpc) is 2.39. The zero-order valence-corrected chi connectivity index (χ0v) is 11.3. The SMILES string of the molecule is Cc1ccc(S(=O)(=O)N2CC=CC[C@H]2C(=O)O)cc1. The molecule has 1 atom stereocenters. The summed E-state index contributed by atoms with van der Waals surface area (Å²) in [6.45, 7) is 1.95. The Balaban J connectivity index is 2.40. The molecule has 2 rings (SSSR count). The van der Waals surface area contributed by atoms with Gasteiger partial charge in [0.15, 0.2) is 0 Å². The zero-order chi connectivity index (χ0) is 14.0. The van der Waals surface area contributed by atoms with Gasteiger partial charge in [-0.3, -0.25) is 4.79 Å². The van der Waals surface area contributed by atoms with Crippen molar-refractivity contribution in [3.8, 4) is 0 Å². The van der Waals surface area contributed by atoms with Gasteiger partial charge in [-0.25, -0.2) is 8.42 Å². The van der Waals surface area contributed by atoms with E-state index in [2.05, 4.69) is 0 Å². The quantitative estimate of drug-likeness (QED) is 0.850. The molecule has 5 nitrogen and oxygen atoms in total.